The van der Waals surface area contributed by atoms with Crippen LogP contribution in [-0.4, -0.2) is 36.4 Å². The minimum Gasteiger partial charge on any atom is -0.494 e. The summed E-state index contributed by atoms with van der Waals surface area (Å²) in [7, 11) is 0. The first-order valence-corrected chi connectivity index (χ1v) is 11.4. The molecule has 2 aromatic carbocycles. The van der Waals surface area contributed by atoms with Gasteiger partial charge in [-0.1, -0.05) is 11.2 Å². The number of nitrogens with one attached hydrogen (secondary N) is 1. The first-order chi connectivity index (χ1) is 15.2. The van der Waals surface area contributed by atoms with Crippen LogP contribution in [0, 0.1) is 5.92 Å². The van der Waals surface area contributed by atoms with Gasteiger partial charge in [0.1, 0.15) is 23.0 Å². The zero-order valence-electron chi connectivity index (χ0n) is 17.7. The molecule has 1 N–H and O–H groups in total. The van der Waals surface area contributed by atoms with Gasteiger partial charge in [0.05, 0.1) is 24.3 Å². The van der Waals surface area contributed by atoms with Crippen LogP contribution in [0.4, 0.5) is 0 Å². The Kier molecular flexibility index (Phi) is 5.72. The highest BCUT2D eigenvalue weighted by atomic mass is 16.5. The molecule has 6 nitrogen and oxygen atoms in total. The van der Waals surface area contributed by atoms with Crippen molar-refractivity contribution >= 4 is 33.3 Å². The average Bonchev–Trinajstić information content (AvgIpc) is 3.21. The molecule has 1 unspecified atom stereocenters. The summed E-state index contributed by atoms with van der Waals surface area (Å²) in [5.74, 6) is 1.27. The lowest BCUT2D eigenvalue weighted by Gasteiger charge is -2.22. The summed E-state index contributed by atoms with van der Waals surface area (Å²) in [6, 6.07) is 9.95. The number of benzene rings is 2. The summed E-state index contributed by atoms with van der Waals surface area (Å²) in [4.78, 5) is 24.1. The van der Waals surface area contributed by atoms with E-state index in [1.165, 1.54) is 19.3 Å². The highest BCUT2D eigenvalue weighted by molar-refractivity contribution is 6.11. The molecule has 1 aliphatic carbocycles. The second-order valence-corrected chi connectivity index (χ2v) is 8.85. The molecule has 1 aliphatic heterocycles. The fourth-order valence-electron chi connectivity index (χ4n) is 4.99. The first-order valence-electron chi connectivity index (χ1n) is 11.4. The quantitative estimate of drug-likeness (QED) is 0.466. The van der Waals surface area contributed by atoms with Crippen molar-refractivity contribution in [1.82, 2.24) is 10.5 Å². The van der Waals surface area contributed by atoms with E-state index in [-0.39, 0.29) is 23.9 Å². The van der Waals surface area contributed by atoms with Gasteiger partial charge in [0.15, 0.2) is 5.58 Å². The smallest absolute Gasteiger partial charge is 0.167 e. The van der Waals surface area contributed by atoms with Gasteiger partial charge in [-0.3, -0.25) is 9.59 Å². The van der Waals surface area contributed by atoms with Crippen LogP contribution in [0.5, 0.6) is 5.75 Å². The van der Waals surface area contributed by atoms with Crippen LogP contribution in [0.3, 0.4) is 0 Å². The Balaban J connectivity index is 1.33. The molecule has 6 heteroatoms. The fraction of sp³-hybridized carbons (Fsp3) is 0.480. The Hall–Kier alpha value is -2.73. The van der Waals surface area contributed by atoms with Crippen molar-refractivity contribution in [3.63, 3.8) is 0 Å². The fourth-order valence-corrected chi connectivity index (χ4v) is 4.99. The van der Waals surface area contributed by atoms with Crippen LogP contribution in [0.25, 0.3) is 21.7 Å². The highest BCUT2D eigenvalue weighted by Gasteiger charge is 2.32. The van der Waals surface area contributed by atoms with E-state index in [2.05, 4.69) is 10.5 Å². The maximum absolute atomic E-state index is 12.5. The van der Waals surface area contributed by atoms with Gasteiger partial charge in [-0.2, -0.15) is 0 Å². The molecule has 0 amide bonds. The number of hydrogen-bond donors (Lipinski definition) is 1. The maximum Gasteiger partial charge on any atom is 0.167 e. The molecule has 0 spiro atoms. The second kappa shape index (κ2) is 8.79. The van der Waals surface area contributed by atoms with Crippen molar-refractivity contribution < 1.29 is 18.8 Å². The van der Waals surface area contributed by atoms with E-state index < -0.39 is 0 Å². The van der Waals surface area contributed by atoms with Crippen molar-refractivity contribution in [2.24, 2.45) is 5.92 Å². The maximum atomic E-state index is 12.5. The standard InChI is InChI=1S/C25H28N2O4/c28-18-4-6-21(22(29)15-18)25-24-20-7-5-19(14-17(20)3-8-23(24)31-27-25)30-13-1-2-16-9-11-26-12-10-16/h3,5,7-8,14,16,21,26H,1-2,4,6,9-13,15H2. The van der Waals surface area contributed by atoms with Crippen LogP contribution < -0.4 is 10.1 Å². The molecule has 5 rings (SSSR count). The molecule has 3 aromatic rings. The Bertz CT molecular complexity index is 1110. The molecule has 2 heterocycles. The number of aromatic nitrogens is 1. The molecule has 2 fully saturated rings. The van der Waals surface area contributed by atoms with Crippen LogP contribution in [0.1, 0.15) is 56.6 Å². The molecule has 1 atom stereocenters. The number of piperidine rings is 1. The van der Waals surface area contributed by atoms with E-state index in [9.17, 15) is 9.59 Å². The minimum atomic E-state index is -0.365. The van der Waals surface area contributed by atoms with Gasteiger partial charge >= 0.3 is 0 Å². The molecule has 2 aliphatic rings. The molecule has 1 aromatic heterocycles. The molecule has 0 bridgehead atoms. The highest BCUT2D eigenvalue weighted by Crippen LogP contribution is 2.37. The van der Waals surface area contributed by atoms with Gasteiger partial charge in [0.25, 0.3) is 0 Å². The largest absolute Gasteiger partial charge is 0.494 e. The van der Waals surface area contributed by atoms with Gasteiger partial charge < -0.3 is 14.6 Å². The number of rotatable bonds is 6. The van der Waals surface area contributed by atoms with E-state index in [4.69, 9.17) is 9.26 Å². The summed E-state index contributed by atoms with van der Waals surface area (Å²) in [6.45, 7) is 3.00. The third-order valence-electron chi connectivity index (χ3n) is 6.74. The summed E-state index contributed by atoms with van der Waals surface area (Å²) in [5.41, 5.74) is 1.33. The summed E-state index contributed by atoms with van der Waals surface area (Å²) < 4.78 is 11.6. The molecule has 31 heavy (non-hydrogen) atoms. The van der Waals surface area contributed by atoms with E-state index in [1.807, 2.05) is 30.3 Å². The van der Waals surface area contributed by atoms with Crippen molar-refractivity contribution in [3.8, 4) is 5.75 Å². The normalized spacial score (nSPS) is 20.6. The minimum absolute atomic E-state index is 0.000850. The monoisotopic (exact) mass is 420 g/mol. The zero-order chi connectivity index (χ0) is 21.2. The third-order valence-corrected chi connectivity index (χ3v) is 6.74. The number of Topliss-reactive ketones (excluding diaryl/α,β-unsaturated/α-hetero) is 2. The number of hydrogen-bond acceptors (Lipinski definition) is 6. The Labute approximate surface area is 181 Å². The summed E-state index contributed by atoms with van der Waals surface area (Å²) in [5, 5.41) is 10.6. The van der Waals surface area contributed by atoms with Crippen LogP contribution in [-0.2, 0) is 9.59 Å². The number of ether oxygens (including phenoxy) is 1. The first kappa shape index (κ1) is 20.2. The number of nitrogens with zero attached hydrogens (tertiary/aromatic N) is 1. The number of ketones is 2. The average molecular weight is 421 g/mol. The topological polar surface area (TPSA) is 81.4 Å². The third kappa shape index (κ3) is 4.22. The van der Waals surface area contributed by atoms with Crippen molar-refractivity contribution in [3.05, 3.63) is 36.0 Å². The van der Waals surface area contributed by atoms with E-state index in [1.54, 1.807) is 0 Å². The number of carbonyl (C=O) groups is 2. The molecular weight excluding hydrogens is 392 g/mol. The van der Waals surface area contributed by atoms with Crippen molar-refractivity contribution in [2.75, 3.05) is 19.7 Å². The molecular formula is C25H28N2O4. The Morgan fingerprint density at radius 2 is 1.97 bits per heavy atom. The van der Waals surface area contributed by atoms with Crippen molar-refractivity contribution in [1.29, 1.82) is 0 Å². The predicted molar refractivity (Wildman–Crippen MR) is 118 cm³/mol. The van der Waals surface area contributed by atoms with E-state index in [0.29, 0.717) is 24.1 Å². The van der Waals surface area contributed by atoms with Gasteiger partial charge in [-0.15, -0.1) is 0 Å². The van der Waals surface area contributed by atoms with Gasteiger partial charge in [0, 0.05) is 6.42 Å². The zero-order valence-corrected chi connectivity index (χ0v) is 17.7. The number of carbonyl (C=O) groups excluding carboxylic acids is 2. The molecule has 162 valence electrons. The molecule has 1 saturated heterocycles. The van der Waals surface area contributed by atoms with E-state index >= 15 is 0 Å². The van der Waals surface area contributed by atoms with E-state index in [0.717, 1.165) is 53.9 Å². The molecule has 1 saturated carbocycles. The summed E-state index contributed by atoms with van der Waals surface area (Å²) in [6.07, 6.45) is 5.76. The Morgan fingerprint density at radius 3 is 2.81 bits per heavy atom. The predicted octanol–water partition coefficient (Wildman–Crippen LogP) is 4.55. The van der Waals surface area contributed by atoms with Gasteiger partial charge in [0.2, 0.25) is 0 Å². The number of fused-ring (bicyclic) bond motifs is 3. The Morgan fingerprint density at radius 1 is 1.10 bits per heavy atom. The SMILES string of the molecule is O=C1CCC(c2noc3ccc4cc(OCCCC5CCNCC5)ccc4c23)C(=O)C1. The molecule has 0 radical (unpaired) electrons. The van der Waals surface area contributed by atoms with Crippen LogP contribution >= 0.6 is 0 Å². The second-order valence-electron chi connectivity index (χ2n) is 8.85. The lowest BCUT2D eigenvalue weighted by atomic mass is 9.83. The summed E-state index contributed by atoms with van der Waals surface area (Å²) >= 11 is 0. The van der Waals surface area contributed by atoms with Crippen molar-refractivity contribution in [2.45, 2.75) is 50.9 Å². The lowest BCUT2D eigenvalue weighted by molar-refractivity contribution is -0.130. The van der Waals surface area contributed by atoms with Gasteiger partial charge in [-0.05, 0) is 86.1 Å². The van der Waals surface area contributed by atoms with Crippen LogP contribution in [0.15, 0.2) is 34.9 Å². The lowest BCUT2D eigenvalue weighted by Crippen LogP contribution is -2.27. The van der Waals surface area contributed by atoms with Crippen LogP contribution in [0.2, 0.25) is 0 Å². The van der Waals surface area contributed by atoms with Gasteiger partial charge in [-0.25, -0.2) is 0 Å².